The van der Waals surface area contributed by atoms with Crippen LogP contribution in [-0.2, 0) is 14.6 Å². The van der Waals surface area contributed by atoms with Gasteiger partial charge in [0, 0.05) is 6.04 Å². The molecule has 8 heteroatoms. The SMILES string of the molecule is O=S1(=O)CC[C@@H](NC(=S)OC(CCl)CCl)C1. The molecular weight excluding hydrogens is 293 g/mol. The number of alkyl halides is 2. The fourth-order valence-corrected chi connectivity index (χ4v) is 3.80. The van der Waals surface area contributed by atoms with E-state index < -0.39 is 9.84 Å². The Morgan fingerprint density at radius 2 is 2.12 bits per heavy atom. The average Bonchev–Trinajstić information content (AvgIpc) is 2.54. The molecule has 4 nitrogen and oxygen atoms in total. The lowest BCUT2D eigenvalue weighted by Crippen LogP contribution is -2.38. The minimum atomic E-state index is -2.91. The molecule has 1 fully saturated rings. The number of halogens is 2. The lowest BCUT2D eigenvalue weighted by molar-refractivity contribution is 0.228. The molecule has 0 radical (unpaired) electrons. The van der Waals surface area contributed by atoms with Crippen molar-refractivity contribution in [2.24, 2.45) is 0 Å². The van der Waals surface area contributed by atoms with Gasteiger partial charge in [-0.15, -0.1) is 23.2 Å². The summed E-state index contributed by atoms with van der Waals surface area (Å²) < 4.78 is 27.6. The van der Waals surface area contributed by atoms with Crippen molar-refractivity contribution in [3.8, 4) is 0 Å². The first-order valence-corrected chi connectivity index (χ1v) is 8.06. The Balaban J connectivity index is 2.35. The Morgan fingerprint density at radius 1 is 1.50 bits per heavy atom. The van der Waals surface area contributed by atoms with Crippen LogP contribution in [0.3, 0.4) is 0 Å². The van der Waals surface area contributed by atoms with Crippen molar-refractivity contribution in [2.45, 2.75) is 18.6 Å². The van der Waals surface area contributed by atoms with E-state index in [1.54, 1.807) is 0 Å². The molecule has 0 aromatic carbocycles. The van der Waals surface area contributed by atoms with Gasteiger partial charge in [-0.1, -0.05) is 0 Å². The van der Waals surface area contributed by atoms with Crippen LogP contribution in [-0.4, -0.2) is 49.0 Å². The first-order valence-electron chi connectivity index (χ1n) is 4.76. The molecule has 94 valence electrons. The van der Waals surface area contributed by atoms with E-state index in [0.717, 1.165) is 0 Å². The van der Waals surface area contributed by atoms with Gasteiger partial charge in [0.15, 0.2) is 9.84 Å². The van der Waals surface area contributed by atoms with Crippen LogP contribution in [0.2, 0.25) is 0 Å². The molecule has 1 aliphatic heterocycles. The number of thiocarbonyl (C=S) groups is 1. The van der Waals surface area contributed by atoms with Crippen LogP contribution in [0.1, 0.15) is 6.42 Å². The second-order valence-electron chi connectivity index (χ2n) is 3.58. The molecule has 1 atom stereocenters. The van der Waals surface area contributed by atoms with E-state index in [9.17, 15) is 8.42 Å². The fourth-order valence-electron chi connectivity index (χ4n) is 1.37. The maximum Gasteiger partial charge on any atom is 0.257 e. The predicted molar refractivity (Wildman–Crippen MR) is 69.1 cm³/mol. The van der Waals surface area contributed by atoms with Crippen molar-refractivity contribution in [1.29, 1.82) is 0 Å². The van der Waals surface area contributed by atoms with Crippen LogP contribution in [0.25, 0.3) is 0 Å². The number of hydrogen-bond donors (Lipinski definition) is 1. The Morgan fingerprint density at radius 3 is 2.56 bits per heavy atom. The van der Waals surface area contributed by atoms with Gasteiger partial charge >= 0.3 is 0 Å². The first-order chi connectivity index (χ1) is 7.46. The molecule has 0 spiro atoms. The smallest absolute Gasteiger partial charge is 0.257 e. The molecule has 0 saturated carbocycles. The van der Waals surface area contributed by atoms with E-state index in [2.05, 4.69) is 5.32 Å². The van der Waals surface area contributed by atoms with E-state index in [1.165, 1.54) is 0 Å². The molecule has 0 amide bonds. The second kappa shape index (κ2) is 6.23. The number of hydrogen-bond acceptors (Lipinski definition) is 4. The van der Waals surface area contributed by atoms with Crippen molar-refractivity contribution in [3.05, 3.63) is 0 Å². The molecule has 0 unspecified atom stereocenters. The minimum Gasteiger partial charge on any atom is -0.465 e. The molecule has 0 aromatic rings. The molecule has 0 bridgehead atoms. The van der Waals surface area contributed by atoms with Gasteiger partial charge in [0.05, 0.1) is 23.3 Å². The second-order valence-corrected chi connectivity index (χ2v) is 6.80. The zero-order chi connectivity index (χ0) is 12.2. The predicted octanol–water partition coefficient (Wildman–Crippen LogP) is 0.911. The summed E-state index contributed by atoms with van der Waals surface area (Å²) in [5, 5.41) is 3.01. The Bertz CT molecular complexity index is 343. The highest BCUT2D eigenvalue weighted by molar-refractivity contribution is 7.91. The zero-order valence-corrected chi connectivity index (χ0v) is 11.6. The summed E-state index contributed by atoms with van der Waals surface area (Å²) in [5.41, 5.74) is 0. The Kier molecular flexibility index (Phi) is 5.56. The summed E-state index contributed by atoms with van der Waals surface area (Å²) in [6.45, 7) is 0. The molecule has 1 aliphatic rings. The highest BCUT2D eigenvalue weighted by Crippen LogP contribution is 2.11. The molecular formula is C8H13Cl2NO3S2. The number of nitrogens with one attached hydrogen (secondary N) is 1. The fraction of sp³-hybridized carbons (Fsp3) is 0.875. The number of rotatable bonds is 4. The van der Waals surface area contributed by atoms with Crippen molar-refractivity contribution in [2.75, 3.05) is 23.3 Å². The lowest BCUT2D eigenvalue weighted by atomic mass is 10.3. The minimum absolute atomic E-state index is 0.100. The van der Waals surface area contributed by atoms with Gasteiger partial charge in [0.25, 0.3) is 5.17 Å². The maximum atomic E-state index is 11.2. The molecule has 1 saturated heterocycles. The van der Waals surface area contributed by atoms with Crippen LogP contribution in [0.15, 0.2) is 0 Å². The summed E-state index contributed by atoms with van der Waals surface area (Å²) in [6, 6.07) is -0.163. The summed E-state index contributed by atoms with van der Waals surface area (Å²) >= 11 is 16.1. The number of sulfone groups is 1. The Labute approximate surface area is 111 Å². The van der Waals surface area contributed by atoms with Crippen LogP contribution < -0.4 is 5.32 Å². The third-order valence-corrected chi connectivity index (χ3v) is 4.84. The van der Waals surface area contributed by atoms with Gasteiger partial charge < -0.3 is 10.1 Å². The standard InChI is InChI=1S/C8H13Cl2NO3S2/c9-3-7(4-10)14-8(15)11-6-1-2-16(12,13)5-6/h6-7H,1-5H2,(H,11,15)/t6-/m1/s1. The molecule has 1 rings (SSSR count). The molecule has 16 heavy (non-hydrogen) atoms. The molecule has 1 N–H and O–H groups in total. The van der Waals surface area contributed by atoms with Crippen LogP contribution in [0, 0.1) is 0 Å². The lowest BCUT2D eigenvalue weighted by Gasteiger charge is -2.18. The van der Waals surface area contributed by atoms with E-state index in [0.29, 0.717) is 6.42 Å². The summed E-state index contributed by atoms with van der Waals surface area (Å²) in [5.74, 6) is 0.785. The van der Waals surface area contributed by atoms with Crippen molar-refractivity contribution in [3.63, 3.8) is 0 Å². The van der Waals surface area contributed by atoms with E-state index >= 15 is 0 Å². The third-order valence-electron chi connectivity index (χ3n) is 2.17. The van der Waals surface area contributed by atoms with Crippen LogP contribution in [0.5, 0.6) is 0 Å². The summed E-state index contributed by atoms with van der Waals surface area (Å²) in [4.78, 5) is 0. The van der Waals surface area contributed by atoms with Crippen molar-refractivity contribution in [1.82, 2.24) is 5.32 Å². The van der Waals surface area contributed by atoms with E-state index in [1.807, 2.05) is 0 Å². The Hall–Kier alpha value is 0.220. The maximum absolute atomic E-state index is 11.2. The molecule has 1 heterocycles. The van der Waals surface area contributed by atoms with Gasteiger partial charge in [-0.3, -0.25) is 0 Å². The van der Waals surface area contributed by atoms with Gasteiger partial charge in [-0.25, -0.2) is 8.42 Å². The van der Waals surface area contributed by atoms with Crippen molar-refractivity contribution >= 4 is 50.4 Å². The zero-order valence-electron chi connectivity index (χ0n) is 8.49. The van der Waals surface area contributed by atoms with Gasteiger partial charge in [0.1, 0.15) is 6.10 Å². The number of ether oxygens (including phenoxy) is 1. The van der Waals surface area contributed by atoms with Crippen molar-refractivity contribution < 1.29 is 13.2 Å². The summed E-state index contributed by atoms with van der Waals surface area (Å²) in [6.07, 6.45) is 0.208. The van der Waals surface area contributed by atoms with E-state index in [4.69, 9.17) is 40.2 Å². The topological polar surface area (TPSA) is 55.4 Å². The third kappa shape index (κ3) is 4.61. The van der Waals surface area contributed by atoms with Gasteiger partial charge in [-0.05, 0) is 18.6 Å². The summed E-state index contributed by atoms with van der Waals surface area (Å²) in [7, 11) is -2.91. The van der Waals surface area contributed by atoms with Crippen LogP contribution >= 0.6 is 35.4 Å². The van der Waals surface area contributed by atoms with E-state index in [-0.39, 0.29) is 40.6 Å². The largest absolute Gasteiger partial charge is 0.465 e. The van der Waals surface area contributed by atoms with Gasteiger partial charge in [0.2, 0.25) is 0 Å². The quantitative estimate of drug-likeness (QED) is 0.618. The highest BCUT2D eigenvalue weighted by Gasteiger charge is 2.28. The highest BCUT2D eigenvalue weighted by atomic mass is 35.5. The monoisotopic (exact) mass is 305 g/mol. The molecule has 0 aromatic heterocycles. The first kappa shape index (κ1) is 14.3. The van der Waals surface area contributed by atoms with Gasteiger partial charge in [-0.2, -0.15) is 0 Å². The molecule has 0 aliphatic carbocycles. The average molecular weight is 306 g/mol. The van der Waals surface area contributed by atoms with Crippen LogP contribution in [0.4, 0.5) is 0 Å². The normalized spacial score (nSPS) is 23.3.